The lowest BCUT2D eigenvalue weighted by atomic mass is 10.1. The fraction of sp³-hybridized carbons (Fsp3) is 0.231. The molecule has 200 valence electrons. The van der Waals surface area contributed by atoms with Crippen molar-refractivity contribution < 1.29 is 18.3 Å². The summed E-state index contributed by atoms with van der Waals surface area (Å²) in [5, 5.41) is 2.08. The Balaban J connectivity index is 1.49. The number of nitrogens with zero attached hydrogens (tertiary/aromatic N) is 6. The Bertz CT molecular complexity index is 1640. The standard InChI is InChI=1S/C26H22ClF2N7O3/c1-14-12-31-19(18-3-4-30-26(34-18)35-5-7-39-8-6-35)11-21(14)36-15(2)9-20(22(27)25(36)38)33-24(37)23-17(29)10-16(28)13-32-23/h3-4,9-13H,5-8H2,1-2H3,(H,33,37). The zero-order valence-corrected chi connectivity index (χ0v) is 21.7. The van der Waals surface area contributed by atoms with Crippen LogP contribution in [0, 0.1) is 25.5 Å². The molecule has 13 heteroatoms. The number of ether oxygens (including phenoxy) is 1. The highest BCUT2D eigenvalue weighted by Crippen LogP contribution is 2.26. The van der Waals surface area contributed by atoms with Crippen molar-refractivity contribution in [3.63, 3.8) is 0 Å². The summed E-state index contributed by atoms with van der Waals surface area (Å²) < 4.78 is 34.0. The fourth-order valence-corrected chi connectivity index (χ4v) is 4.35. The average Bonchev–Trinajstić information content (AvgIpc) is 2.93. The minimum atomic E-state index is -1.14. The van der Waals surface area contributed by atoms with Gasteiger partial charge >= 0.3 is 0 Å². The summed E-state index contributed by atoms with van der Waals surface area (Å²) in [7, 11) is 0. The normalized spacial score (nSPS) is 13.4. The van der Waals surface area contributed by atoms with Gasteiger partial charge in [-0.15, -0.1) is 0 Å². The number of aryl methyl sites for hydroxylation is 2. The van der Waals surface area contributed by atoms with Crippen molar-refractivity contribution >= 4 is 29.1 Å². The Kier molecular flexibility index (Phi) is 7.31. The van der Waals surface area contributed by atoms with Crippen LogP contribution in [0.3, 0.4) is 0 Å². The van der Waals surface area contributed by atoms with Crippen LogP contribution in [-0.2, 0) is 4.74 Å². The third kappa shape index (κ3) is 5.33. The quantitative estimate of drug-likeness (QED) is 0.398. The molecule has 1 aliphatic rings. The maximum absolute atomic E-state index is 14.0. The molecular formula is C26H22ClF2N7O3. The first-order valence-electron chi connectivity index (χ1n) is 11.9. The van der Waals surface area contributed by atoms with Crippen molar-refractivity contribution in [3.05, 3.63) is 86.8 Å². The van der Waals surface area contributed by atoms with Gasteiger partial charge in [0.2, 0.25) is 5.95 Å². The molecule has 10 nitrogen and oxygen atoms in total. The number of nitrogens with one attached hydrogen (secondary N) is 1. The van der Waals surface area contributed by atoms with Crippen molar-refractivity contribution in [2.75, 3.05) is 36.5 Å². The van der Waals surface area contributed by atoms with Gasteiger partial charge in [0.05, 0.1) is 42.2 Å². The summed E-state index contributed by atoms with van der Waals surface area (Å²) in [5.41, 5.74) is 1.44. The molecule has 0 atom stereocenters. The van der Waals surface area contributed by atoms with Crippen molar-refractivity contribution in [1.29, 1.82) is 0 Å². The van der Waals surface area contributed by atoms with E-state index in [2.05, 4.69) is 25.3 Å². The van der Waals surface area contributed by atoms with Crippen LogP contribution in [0.15, 0.2) is 47.7 Å². The Morgan fingerprint density at radius 2 is 1.82 bits per heavy atom. The topological polar surface area (TPSA) is 115 Å². The van der Waals surface area contributed by atoms with Crippen LogP contribution in [0.25, 0.3) is 17.1 Å². The molecule has 4 aromatic rings. The SMILES string of the molecule is Cc1cnc(-c2ccnc(N3CCOCC3)n2)cc1-n1c(C)cc(NC(=O)c2ncc(F)cc2F)c(Cl)c1=O. The van der Waals surface area contributed by atoms with Crippen LogP contribution < -0.4 is 15.8 Å². The number of hydrogen-bond acceptors (Lipinski definition) is 8. The number of carbonyl (C=O) groups is 1. The van der Waals surface area contributed by atoms with E-state index in [4.69, 9.17) is 16.3 Å². The van der Waals surface area contributed by atoms with Crippen LogP contribution in [0.5, 0.6) is 0 Å². The van der Waals surface area contributed by atoms with Gasteiger partial charge in [-0.1, -0.05) is 11.6 Å². The van der Waals surface area contributed by atoms with Crippen LogP contribution in [0.2, 0.25) is 5.02 Å². The van der Waals surface area contributed by atoms with E-state index in [0.29, 0.717) is 72.8 Å². The third-order valence-corrected chi connectivity index (χ3v) is 6.48. The van der Waals surface area contributed by atoms with Gasteiger partial charge < -0.3 is 15.0 Å². The monoisotopic (exact) mass is 553 g/mol. The summed E-state index contributed by atoms with van der Waals surface area (Å²) in [4.78, 5) is 45.0. The molecule has 1 aliphatic heterocycles. The second kappa shape index (κ2) is 10.8. The fourth-order valence-electron chi connectivity index (χ4n) is 4.16. The predicted molar refractivity (Wildman–Crippen MR) is 140 cm³/mol. The van der Waals surface area contributed by atoms with Gasteiger partial charge in [0, 0.05) is 37.2 Å². The minimum absolute atomic E-state index is 0.0381. The number of morpholine rings is 1. The van der Waals surface area contributed by atoms with Gasteiger partial charge in [-0.05, 0) is 37.6 Å². The zero-order chi connectivity index (χ0) is 27.7. The van der Waals surface area contributed by atoms with E-state index in [1.165, 1.54) is 10.6 Å². The molecular weight excluding hydrogens is 532 g/mol. The van der Waals surface area contributed by atoms with Crippen LogP contribution in [0.4, 0.5) is 20.4 Å². The molecule has 39 heavy (non-hydrogen) atoms. The molecule has 0 aliphatic carbocycles. The first-order chi connectivity index (χ1) is 18.7. The minimum Gasteiger partial charge on any atom is -0.378 e. The molecule has 1 N–H and O–H groups in total. The van der Waals surface area contributed by atoms with Crippen molar-refractivity contribution in [3.8, 4) is 17.1 Å². The third-order valence-electron chi connectivity index (χ3n) is 6.12. The molecule has 1 saturated heterocycles. The Morgan fingerprint density at radius 1 is 1.05 bits per heavy atom. The van der Waals surface area contributed by atoms with Crippen molar-refractivity contribution in [2.24, 2.45) is 0 Å². The highest BCUT2D eigenvalue weighted by atomic mass is 35.5. The first kappa shape index (κ1) is 26.3. The highest BCUT2D eigenvalue weighted by Gasteiger charge is 2.21. The van der Waals surface area contributed by atoms with E-state index in [1.54, 1.807) is 38.4 Å². The predicted octanol–water partition coefficient (Wildman–Crippen LogP) is 3.72. The first-order valence-corrected chi connectivity index (χ1v) is 12.3. The number of halogens is 3. The second-order valence-corrected chi connectivity index (χ2v) is 9.17. The van der Waals surface area contributed by atoms with E-state index in [9.17, 15) is 18.4 Å². The van der Waals surface area contributed by atoms with E-state index < -0.39 is 28.8 Å². The summed E-state index contributed by atoms with van der Waals surface area (Å²) in [6.45, 7) is 5.99. The smallest absolute Gasteiger partial charge is 0.277 e. The highest BCUT2D eigenvalue weighted by molar-refractivity contribution is 6.33. The van der Waals surface area contributed by atoms with E-state index >= 15 is 0 Å². The zero-order valence-electron chi connectivity index (χ0n) is 20.9. The van der Waals surface area contributed by atoms with Gasteiger partial charge in [-0.2, -0.15) is 0 Å². The molecule has 0 spiro atoms. The van der Waals surface area contributed by atoms with Crippen molar-refractivity contribution in [2.45, 2.75) is 13.8 Å². The number of aromatic nitrogens is 5. The van der Waals surface area contributed by atoms with E-state index in [1.807, 2.05) is 4.90 Å². The number of carbonyl (C=O) groups excluding carboxylic acids is 1. The second-order valence-electron chi connectivity index (χ2n) is 8.79. The van der Waals surface area contributed by atoms with Crippen LogP contribution >= 0.6 is 11.6 Å². The van der Waals surface area contributed by atoms with Crippen LogP contribution in [0.1, 0.15) is 21.7 Å². The Hall–Kier alpha value is -4.29. The van der Waals surface area contributed by atoms with Gasteiger partial charge in [0.15, 0.2) is 11.5 Å². The molecule has 5 rings (SSSR count). The molecule has 0 aromatic carbocycles. The summed E-state index contributed by atoms with van der Waals surface area (Å²) in [6.07, 6.45) is 3.99. The van der Waals surface area contributed by atoms with Crippen LogP contribution in [-0.4, -0.2) is 56.7 Å². The molecule has 0 bridgehead atoms. The van der Waals surface area contributed by atoms with Gasteiger partial charge in [0.1, 0.15) is 10.8 Å². The Morgan fingerprint density at radius 3 is 2.56 bits per heavy atom. The maximum Gasteiger partial charge on any atom is 0.277 e. The molecule has 0 unspecified atom stereocenters. The molecule has 0 saturated carbocycles. The van der Waals surface area contributed by atoms with Gasteiger partial charge in [-0.3, -0.25) is 19.1 Å². The number of amides is 1. The molecule has 4 aromatic heterocycles. The number of anilines is 2. The number of rotatable bonds is 5. The lowest BCUT2D eigenvalue weighted by molar-refractivity contribution is 0.101. The average molecular weight is 554 g/mol. The van der Waals surface area contributed by atoms with E-state index in [0.717, 1.165) is 0 Å². The molecule has 5 heterocycles. The maximum atomic E-state index is 14.0. The van der Waals surface area contributed by atoms with E-state index in [-0.39, 0.29) is 10.7 Å². The van der Waals surface area contributed by atoms with Gasteiger partial charge in [-0.25, -0.2) is 23.7 Å². The Labute approximate surface area is 226 Å². The molecule has 1 fully saturated rings. The molecule has 0 radical (unpaired) electrons. The summed E-state index contributed by atoms with van der Waals surface area (Å²) in [6, 6.07) is 5.47. The number of pyridine rings is 3. The molecule has 1 amide bonds. The number of hydrogen-bond donors (Lipinski definition) is 1. The van der Waals surface area contributed by atoms with Gasteiger partial charge in [0.25, 0.3) is 11.5 Å². The lowest BCUT2D eigenvalue weighted by Gasteiger charge is -2.26. The lowest BCUT2D eigenvalue weighted by Crippen LogP contribution is -2.37. The summed E-state index contributed by atoms with van der Waals surface area (Å²) in [5.74, 6) is -2.49. The summed E-state index contributed by atoms with van der Waals surface area (Å²) >= 11 is 6.36. The largest absolute Gasteiger partial charge is 0.378 e. The van der Waals surface area contributed by atoms with Crippen molar-refractivity contribution in [1.82, 2.24) is 24.5 Å².